The lowest BCUT2D eigenvalue weighted by molar-refractivity contribution is -0.127. The van der Waals surface area contributed by atoms with Gasteiger partial charge in [0.05, 0.1) is 11.7 Å². The fraction of sp³-hybridized carbons (Fsp3) is 0.360. The summed E-state index contributed by atoms with van der Waals surface area (Å²) < 4.78 is 5.88. The third-order valence-electron chi connectivity index (χ3n) is 5.97. The topological polar surface area (TPSA) is 58.4 Å². The first kappa shape index (κ1) is 21.6. The smallest absolute Gasteiger partial charge is 0.226 e. The van der Waals surface area contributed by atoms with Crippen LogP contribution in [-0.2, 0) is 11.3 Å². The van der Waals surface area contributed by atoms with Gasteiger partial charge in [-0.25, -0.2) is 4.98 Å². The molecule has 0 aliphatic carbocycles. The number of carbonyl (C=O) groups is 1. The van der Waals surface area contributed by atoms with Crippen molar-refractivity contribution in [2.45, 2.75) is 39.3 Å². The van der Waals surface area contributed by atoms with Crippen molar-refractivity contribution in [3.05, 3.63) is 76.6 Å². The minimum Gasteiger partial charge on any atom is -0.441 e. The van der Waals surface area contributed by atoms with Crippen molar-refractivity contribution in [3.8, 4) is 11.5 Å². The van der Waals surface area contributed by atoms with Crippen molar-refractivity contribution in [2.75, 3.05) is 13.1 Å². The van der Waals surface area contributed by atoms with Crippen LogP contribution in [0.3, 0.4) is 0 Å². The van der Waals surface area contributed by atoms with Gasteiger partial charge < -0.3 is 9.73 Å². The number of aryl methyl sites for hydroxylation is 1. The second-order valence-corrected chi connectivity index (χ2v) is 8.66. The summed E-state index contributed by atoms with van der Waals surface area (Å²) in [6, 6.07) is 17.6. The number of likely N-dealkylation sites (tertiary alicyclic amines) is 1. The van der Waals surface area contributed by atoms with Crippen molar-refractivity contribution >= 4 is 17.5 Å². The van der Waals surface area contributed by atoms with Crippen molar-refractivity contribution in [2.24, 2.45) is 5.92 Å². The largest absolute Gasteiger partial charge is 0.441 e. The van der Waals surface area contributed by atoms with Crippen LogP contribution in [0.4, 0.5) is 0 Å². The van der Waals surface area contributed by atoms with Gasteiger partial charge in [0.1, 0.15) is 5.76 Å². The molecular formula is C25H28ClN3O2. The van der Waals surface area contributed by atoms with Crippen LogP contribution in [0.25, 0.3) is 11.5 Å². The summed E-state index contributed by atoms with van der Waals surface area (Å²) in [4.78, 5) is 19.8. The molecule has 162 valence electrons. The molecule has 1 atom stereocenters. The summed E-state index contributed by atoms with van der Waals surface area (Å²) in [6.07, 6.45) is 1.71. The molecule has 2 aromatic carbocycles. The van der Waals surface area contributed by atoms with Gasteiger partial charge in [0.2, 0.25) is 11.8 Å². The average molecular weight is 438 g/mol. The number of halogens is 1. The van der Waals surface area contributed by atoms with E-state index in [-0.39, 0.29) is 17.9 Å². The fourth-order valence-electron chi connectivity index (χ4n) is 4.01. The van der Waals surface area contributed by atoms with E-state index in [9.17, 15) is 4.79 Å². The molecule has 1 unspecified atom stereocenters. The highest BCUT2D eigenvalue weighted by Gasteiger charge is 2.27. The van der Waals surface area contributed by atoms with Gasteiger partial charge >= 0.3 is 0 Å². The number of rotatable bonds is 6. The molecule has 4 rings (SSSR count). The predicted octanol–water partition coefficient (Wildman–Crippen LogP) is 5.39. The van der Waals surface area contributed by atoms with Crippen LogP contribution in [0.2, 0.25) is 5.02 Å². The van der Waals surface area contributed by atoms with E-state index in [0.29, 0.717) is 10.9 Å². The molecule has 3 aromatic rings. The zero-order chi connectivity index (χ0) is 21.8. The highest BCUT2D eigenvalue weighted by Crippen LogP contribution is 2.26. The highest BCUT2D eigenvalue weighted by atomic mass is 35.5. The lowest BCUT2D eigenvalue weighted by atomic mass is 9.95. The van der Waals surface area contributed by atoms with Crippen molar-refractivity contribution in [1.29, 1.82) is 0 Å². The maximum Gasteiger partial charge on any atom is 0.226 e. The molecule has 1 aliphatic heterocycles. The lowest BCUT2D eigenvalue weighted by Crippen LogP contribution is -2.41. The monoisotopic (exact) mass is 437 g/mol. The van der Waals surface area contributed by atoms with Gasteiger partial charge in [0, 0.05) is 23.0 Å². The van der Waals surface area contributed by atoms with E-state index in [1.54, 1.807) is 0 Å². The number of hydrogen-bond acceptors (Lipinski definition) is 4. The Balaban J connectivity index is 1.30. The molecule has 1 amide bonds. The van der Waals surface area contributed by atoms with Crippen molar-refractivity contribution in [1.82, 2.24) is 15.2 Å². The molecule has 1 aliphatic rings. The number of piperidine rings is 1. The second-order valence-electron chi connectivity index (χ2n) is 8.22. The lowest BCUT2D eigenvalue weighted by Gasteiger charge is -2.31. The number of aromatic nitrogens is 1. The Hall–Kier alpha value is -2.63. The zero-order valence-electron chi connectivity index (χ0n) is 18.0. The maximum atomic E-state index is 12.7. The van der Waals surface area contributed by atoms with Crippen LogP contribution in [0.1, 0.15) is 42.8 Å². The van der Waals surface area contributed by atoms with E-state index in [4.69, 9.17) is 21.0 Å². The minimum atomic E-state index is 0.0239. The number of amides is 1. The standard InChI is InChI=1S/C25H28ClN3O2/c1-17(19-6-4-3-5-7-19)27-24(30)20-12-14-29(15-13-20)16-23-18(2)31-25(28-23)21-8-10-22(26)11-9-21/h3-11,17,20H,12-16H2,1-2H3,(H,27,30). The molecule has 1 N–H and O–H groups in total. The quantitative estimate of drug-likeness (QED) is 0.561. The SMILES string of the molecule is Cc1oc(-c2ccc(Cl)cc2)nc1CN1CCC(C(=O)NC(C)c2ccccc2)CC1. The molecule has 31 heavy (non-hydrogen) atoms. The third kappa shape index (κ3) is 5.35. The van der Waals surface area contributed by atoms with Crippen molar-refractivity contribution in [3.63, 3.8) is 0 Å². The van der Waals surface area contributed by atoms with Gasteiger partial charge in [-0.1, -0.05) is 41.9 Å². The number of nitrogens with one attached hydrogen (secondary N) is 1. The third-order valence-corrected chi connectivity index (χ3v) is 6.23. The summed E-state index contributed by atoms with van der Waals surface area (Å²) >= 11 is 5.97. The van der Waals surface area contributed by atoms with Crippen LogP contribution < -0.4 is 5.32 Å². The molecule has 1 fully saturated rings. The Kier molecular flexibility index (Phi) is 6.73. The fourth-order valence-corrected chi connectivity index (χ4v) is 4.14. The molecule has 2 heterocycles. The van der Waals surface area contributed by atoms with Gasteiger partial charge in [-0.2, -0.15) is 0 Å². The Morgan fingerprint density at radius 2 is 1.84 bits per heavy atom. The van der Waals surface area contributed by atoms with E-state index in [1.165, 1.54) is 0 Å². The summed E-state index contributed by atoms with van der Waals surface area (Å²) in [6.45, 7) is 6.47. The molecule has 1 aromatic heterocycles. The summed E-state index contributed by atoms with van der Waals surface area (Å²) in [5.41, 5.74) is 3.00. The number of oxazole rings is 1. The van der Waals surface area contributed by atoms with Gasteiger partial charge in [0.25, 0.3) is 0 Å². The van der Waals surface area contributed by atoms with Crippen LogP contribution in [-0.4, -0.2) is 28.9 Å². The van der Waals surface area contributed by atoms with Gasteiger partial charge in [-0.15, -0.1) is 0 Å². The Bertz CT molecular complexity index is 1010. The second kappa shape index (κ2) is 9.67. The molecular weight excluding hydrogens is 410 g/mol. The average Bonchev–Trinajstić information content (AvgIpc) is 3.15. The predicted molar refractivity (Wildman–Crippen MR) is 123 cm³/mol. The molecule has 6 heteroatoms. The molecule has 1 saturated heterocycles. The maximum absolute atomic E-state index is 12.7. The summed E-state index contributed by atoms with van der Waals surface area (Å²) in [7, 11) is 0. The van der Waals surface area contributed by atoms with Crippen LogP contribution in [0.15, 0.2) is 59.0 Å². The first-order chi connectivity index (χ1) is 15.0. The number of nitrogens with zero attached hydrogens (tertiary/aromatic N) is 2. The van der Waals surface area contributed by atoms with E-state index in [2.05, 4.69) is 10.2 Å². The Labute approximate surface area is 188 Å². The number of hydrogen-bond donors (Lipinski definition) is 1. The van der Waals surface area contributed by atoms with Crippen molar-refractivity contribution < 1.29 is 9.21 Å². The van der Waals surface area contributed by atoms with Gasteiger partial charge in [-0.3, -0.25) is 9.69 Å². The first-order valence-electron chi connectivity index (χ1n) is 10.8. The molecule has 0 saturated carbocycles. The van der Waals surface area contributed by atoms with Gasteiger partial charge in [0.15, 0.2) is 0 Å². The Morgan fingerprint density at radius 1 is 1.16 bits per heavy atom. The van der Waals surface area contributed by atoms with Crippen LogP contribution in [0, 0.1) is 12.8 Å². The van der Waals surface area contributed by atoms with E-state index in [1.807, 2.05) is 68.4 Å². The summed E-state index contributed by atoms with van der Waals surface area (Å²) in [5.74, 6) is 1.67. The molecule has 0 spiro atoms. The van der Waals surface area contributed by atoms with Crippen LogP contribution >= 0.6 is 11.6 Å². The minimum absolute atomic E-state index is 0.0239. The number of benzene rings is 2. The molecule has 0 radical (unpaired) electrons. The molecule has 0 bridgehead atoms. The summed E-state index contributed by atoms with van der Waals surface area (Å²) in [5, 5.41) is 3.86. The van der Waals surface area contributed by atoms with Crippen LogP contribution in [0.5, 0.6) is 0 Å². The number of carbonyl (C=O) groups excluding carboxylic acids is 1. The van der Waals surface area contributed by atoms with E-state index in [0.717, 1.165) is 55.1 Å². The first-order valence-corrected chi connectivity index (χ1v) is 11.2. The highest BCUT2D eigenvalue weighted by molar-refractivity contribution is 6.30. The Morgan fingerprint density at radius 3 is 2.52 bits per heavy atom. The van der Waals surface area contributed by atoms with E-state index < -0.39 is 0 Å². The van der Waals surface area contributed by atoms with Gasteiger partial charge in [-0.05, 0) is 69.6 Å². The molecule has 5 nitrogen and oxygen atoms in total. The normalized spacial score (nSPS) is 16.2. The van der Waals surface area contributed by atoms with E-state index >= 15 is 0 Å². The zero-order valence-corrected chi connectivity index (χ0v) is 18.7.